The van der Waals surface area contributed by atoms with Crippen molar-refractivity contribution in [2.45, 2.75) is 124 Å². The molecule has 7 unspecified atom stereocenters. The van der Waals surface area contributed by atoms with E-state index in [0.717, 1.165) is 32.1 Å². The Labute approximate surface area is 222 Å². The van der Waals surface area contributed by atoms with Gasteiger partial charge in [0.2, 0.25) is 0 Å². The summed E-state index contributed by atoms with van der Waals surface area (Å²) in [6.45, 7) is 14.7. The van der Waals surface area contributed by atoms with Crippen molar-refractivity contribution >= 4 is 0 Å². The Balaban J connectivity index is 0.00000222. The van der Waals surface area contributed by atoms with Gasteiger partial charge >= 0.3 is 0 Å². The molecule has 0 amide bonds. The van der Waals surface area contributed by atoms with Gasteiger partial charge in [-0.25, -0.2) is 0 Å². The number of hydrogen-bond donors (Lipinski definition) is 1. The molecule has 3 rings (SSSR count). The van der Waals surface area contributed by atoms with Crippen LogP contribution in [0, 0.1) is 17.8 Å². The van der Waals surface area contributed by atoms with Crippen molar-refractivity contribution in [3.8, 4) is 0 Å². The molecule has 4 heteroatoms. The molecule has 1 saturated heterocycles. The summed E-state index contributed by atoms with van der Waals surface area (Å²) in [4.78, 5) is 2.30. The van der Waals surface area contributed by atoms with E-state index in [-0.39, 0.29) is 30.5 Å². The Bertz CT molecular complexity index is 765. The fourth-order valence-corrected chi connectivity index (χ4v) is 5.44. The first-order valence-electron chi connectivity index (χ1n) is 14.5. The quantitative estimate of drug-likeness (QED) is 0.324. The molecule has 0 aromatic carbocycles. The molecule has 0 aromatic heterocycles. The number of aliphatic hydroxyl groups excluding tert-OH is 1. The molecule has 1 N–H and O–H groups in total. The normalized spacial score (nSPS) is 34.9. The molecule has 2 heterocycles. The van der Waals surface area contributed by atoms with Gasteiger partial charge in [0, 0.05) is 6.04 Å². The predicted octanol–water partition coefficient (Wildman–Crippen LogP) is 7.11. The van der Waals surface area contributed by atoms with E-state index in [2.05, 4.69) is 83.1 Å². The predicted molar refractivity (Wildman–Crippen MR) is 153 cm³/mol. The molecule has 0 aromatic rings. The van der Waals surface area contributed by atoms with Crippen molar-refractivity contribution in [3.05, 3.63) is 47.6 Å². The van der Waals surface area contributed by atoms with Gasteiger partial charge in [-0.15, -0.1) is 0 Å². The van der Waals surface area contributed by atoms with Crippen LogP contribution in [0.4, 0.5) is 0 Å². The Kier molecular flexibility index (Phi) is 13.2. The summed E-state index contributed by atoms with van der Waals surface area (Å²) in [5.74, 6) is 1.70. The third kappa shape index (κ3) is 9.93. The molecule has 206 valence electrons. The van der Waals surface area contributed by atoms with E-state index < -0.39 is 0 Å². The lowest BCUT2D eigenvalue weighted by Crippen LogP contribution is -2.42. The van der Waals surface area contributed by atoms with Crippen LogP contribution in [-0.2, 0) is 9.47 Å². The van der Waals surface area contributed by atoms with Crippen molar-refractivity contribution in [1.29, 1.82) is 0 Å². The molecule has 0 spiro atoms. The van der Waals surface area contributed by atoms with Crippen LogP contribution in [0.1, 0.15) is 87.0 Å². The van der Waals surface area contributed by atoms with E-state index in [0.29, 0.717) is 23.8 Å². The van der Waals surface area contributed by atoms with Crippen molar-refractivity contribution in [2.75, 3.05) is 14.1 Å². The molecule has 2 fully saturated rings. The van der Waals surface area contributed by atoms with E-state index in [9.17, 15) is 5.11 Å². The minimum Gasteiger partial charge on any atom is -0.393 e. The number of aliphatic hydroxyl groups is 1. The fraction of sp³-hybridized carbons (Fsp3) is 0.750. The van der Waals surface area contributed by atoms with Crippen molar-refractivity contribution in [1.82, 2.24) is 4.90 Å². The second-order valence-electron chi connectivity index (χ2n) is 11.3. The average Bonchev–Trinajstić information content (AvgIpc) is 3.60. The maximum atomic E-state index is 9.81. The average molecular weight is 502 g/mol. The number of nitrogens with zero attached hydrogens (tertiary/aromatic N) is 1. The first kappa shape index (κ1) is 31.0. The highest BCUT2D eigenvalue weighted by atomic mass is 16.5. The second-order valence-corrected chi connectivity index (χ2v) is 11.3. The maximum Gasteiger partial charge on any atom is 0.0825 e. The van der Waals surface area contributed by atoms with Crippen molar-refractivity contribution in [3.63, 3.8) is 0 Å². The van der Waals surface area contributed by atoms with Crippen LogP contribution in [0.5, 0.6) is 0 Å². The lowest BCUT2D eigenvalue weighted by Gasteiger charge is -2.38. The molecule has 1 aliphatic carbocycles. The van der Waals surface area contributed by atoms with Gasteiger partial charge in [0.1, 0.15) is 0 Å². The summed E-state index contributed by atoms with van der Waals surface area (Å²) in [7, 11) is 4.30. The lowest BCUT2D eigenvalue weighted by molar-refractivity contribution is -0.0702. The van der Waals surface area contributed by atoms with Gasteiger partial charge in [0.05, 0.1) is 30.5 Å². The summed E-state index contributed by atoms with van der Waals surface area (Å²) >= 11 is 0. The molecule has 1 saturated carbocycles. The Morgan fingerprint density at radius 2 is 1.78 bits per heavy atom. The Morgan fingerprint density at radius 3 is 2.42 bits per heavy atom. The highest BCUT2D eigenvalue weighted by Crippen LogP contribution is 2.41. The van der Waals surface area contributed by atoms with Crippen LogP contribution in [0.3, 0.4) is 0 Å². The fourth-order valence-electron chi connectivity index (χ4n) is 5.44. The van der Waals surface area contributed by atoms with Gasteiger partial charge < -0.3 is 19.5 Å². The molecule has 0 bridgehead atoms. The highest BCUT2D eigenvalue weighted by molar-refractivity contribution is 5.19. The van der Waals surface area contributed by atoms with Crippen LogP contribution in [-0.4, -0.2) is 60.7 Å². The molecule has 3 aliphatic rings. The third-order valence-electron chi connectivity index (χ3n) is 7.76. The van der Waals surface area contributed by atoms with Crippen molar-refractivity contribution in [2.24, 2.45) is 17.8 Å². The summed E-state index contributed by atoms with van der Waals surface area (Å²) < 4.78 is 12.6. The van der Waals surface area contributed by atoms with E-state index in [1.807, 2.05) is 20.8 Å². The minimum atomic E-state index is -0.313. The Hall–Kier alpha value is -1.20. The summed E-state index contributed by atoms with van der Waals surface area (Å²) in [5.41, 5.74) is 2.73. The minimum absolute atomic E-state index is 0.140. The zero-order chi connectivity index (χ0) is 26.8. The molecule has 36 heavy (non-hydrogen) atoms. The van der Waals surface area contributed by atoms with Gasteiger partial charge in [0.25, 0.3) is 0 Å². The summed E-state index contributed by atoms with van der Waals surface area (Å²) in [5, 5.41) is 9.81. The zero-order valence-electron chi connectivity index (χ0n) is 24.6. The number of hydrogen-bond acceptors (Lipinski definition) is 4. The van der Waals surface area contributed by atoms with E-state index in [1.54, 1.807) is 0 Å². The first-order valence-corrected chi connectivity index (χ1v) is 14.5. The molecule has 9 atom stereocenters. The molecule has 0 radical (unpaired) electrons. The van der Waals surface area contributed by atoms with Gasteiger partial charge in [-0.2, -0.15) is 0 Å². The SMILES string of the molecule is CC.CCC1OC(/C(C)=C/[C@H](C)/C=C/[C@H]2CC2/C=C/C2CC(N(C)C)CC(CC(C)O)O2)CC=C1C. The second kappa shape index (κ2) is 15.3. The van der Waals surface area contributed by atoms with Gasteiger partial charge in [-0.05, 0) is 102 Å². The van der Waals surface area contributed by atoms with Crippen molar-refractivity contribution < 1.29 is 14.6 Å². The van der Waals surface area contributed by atoms with Gasteiger partial charge in [-0.3, -0.25) is 0 Å². The summed E-state index contributed by atoms with van der Waals surface area (Å²) in [6.07, 6.45) is 20.7. The molecule has 2 aliphatic heterocycles. The monoisotopic (exact) mass is 501 g/mol. The maximum absolute atomic E-state index is 9.81. The lowest BCUT2D eigenvalue weighted by atomic mass is 9.94. The van der Waals surface area contributed by atoms with Gasteiger partial charge in [-0.1, -0.05) is 64.2 Å². The molecule has 4 nitrogen and oxygen atoms in total. The standard InChI is InChI=1S/C30H49NO3.C2H6/c1-8-29-21(3)10-14-30(34-29)22(4)15-20(2)9-11-24-17-25(24)12-13-27-18-26(31(6)7)19-28(33-27)16-23(5)32;1-2/h9-13,15,20,23-30,32H,8,14,16-19H2,1-7H3;1-2H3/b11-9+,13-12+,22-15+;/t20-,23?,24+,25?,26?,27?,28?,29?,30?;/m1./s1. The van der Waals surface area contributed by atoms with E-state index in [1.165, 1.54) is 17.6 Å². The van der Waals surface area contributed by atoms with Crippen LogP contribution < -0.4 is 0 Å². The molecular formula is C32H55NO3. The smallest absolute Gasteiger partial charge is 0.0825 e. The third-order valence-corrected chi connectivity index (χ3v) is 7.76. The Morgan fingerprint density at radius 1 is 1.08 bits per heavy atom. The number of rotatable bonds is 10. The zero-order valence-corrected chi connectivity index (χ0v) is 24.6. The van der Waals surface area contributed by atoms with Crippen LogP contribution in [0.2, 0.25) is 0 Å². The van der Waals surface area contributed by atoms with E-state index in [4.69, 9.17) is 9.47 Å². The number of allylic oxidation sites excluding steroid dienone is 4. The van der Waals surface area contributed by atoms with Crippen LogP contribution in [0.15, 0.2) is 47.6 Å². The van der Waals surface area contributed by atoms with Crippen LogP contribution >= 0.6 is 0 Å². The number of ether oxygens (including phenoxy) is 2. The molecular weight excluding hydrogens is 446 g/mol. The van der Waals surface area contributed by atoms with E-state index >= 15 is 0 Å². The topological polar surface area (TPSA) is 41.9 Å². The van der Waals surface area contributed by atoms with Gasteiger partial charge in [0.15, 0.2) is 0 Å². The largest absolute Gasteiger partial charge is 0.393 e. The summed E-state index contributed by atoms with van der Waals surface area (Å²) in [6, 6.07) is 0.512. The first-order chi connectivity index (χ1) is 17.2. The van der Waals surface area contributed by atoms with Crippen LogP contribution in [0.25, 0.3) is 0 Å². The highest BCUT2D eigenvalue weighted by Gasteiger charge is 2.34.